The topological polar surface area (TPSA) is 60.9 Å². The average Bonchev–Trinajstić information content (AvgIpc) is 2.73. The lowest BCUT2D eigenvalue weighted by molar-refractivity contribution is 0.0204. The second-order valence-corrected chi connectivity index (χ2v) is 8.48. The minimum Gasteiger partial charge on any atom is -0.491 e. The van der Waals surface area contributed by atoms with E-state index >= 15 is 0 Å². The summed E-state index contributed by atoms with van der Waals surface area (Å²) < 4.78 is 43.7. The molecule has 168 valence electrons. The quantitative estimate of drug-likeness (QED) is 0.658. The minimum atomic E-state index is -0.784. The van der Waals surface area contributed by atoms with Crippen LogP contribution in [0.2, 0.25) is 0 Å². The number of amides is 1. The molecule has 0 saturated carbocycles. The molecule has 3 rings (SSSR count). The van der Waals surface area contributed by atoms with Gasteiger partial charge in [-0.2, -0.15) is 0 Å². The summed E-state index contributed by atoms with van der Waals surface area (Å²) in [5, 5.41) is 0. The summed E-state index contributed by atoms with van der Waals surface area (Å²) in [6.07, 6.45) is 1.23. The van der Waals surface area contributed by atoms with E-state index in [0.717, 1.165) is 24.6 Å². The lowest BCUT2D eigenvalue weighted by Gasteiger charge is -2.33. The standard InChI is InChI=1S/C23H28F2N2O4/c1-23(2,3)31-22(28)27-12-10-15(11-13-27)18-6-5-7-19(26-18)30-14-16-8-9-17(24)21(29-4)20(16)25/h5-9,15H,10-14H2,1-4H3. The van der Waals surface area contributed by atoms with Crippen LogP contribution in [-0.2, 0) is 11.3 Å². The van der Waals surface area contributed by atoms with Crippen molar-refractivity contribution in [3.8, 4) is 11.6 Å². The van der Waals surface area contributed by atoms with Crippen LogP contribution in [0.1, 0.15) is 50.8 Å². The fourth-order valence-electron chi connectivity index (χ4n) is 3.45. The molecule has 31 heavy (non-hydrogen) atoms. The maximum absolute atomic E-state index is 14.3. The van der Waals surface area contributed by atoms with Crippen molar-refractivity contribution in [3.63, 3.8) is 0 Å². The Morgan fingerprint density at radius 3 is 2.52 bits per heavy atom. The molecule has 0 bridgehead atoms. The molecule has 0 atom stereocenters. The zero-order valence-corrected chi connectivity index (χ0v) is 18.3. The molecule has 2 aromatic rings. The van der Waals surface area contributed by atoms with Crippen molar-refractivity contribution in [2.45, 2.75) is 51.7 Å². The number of rotatable bonds is 5. The molecule has 1 aliphatic rings. The number of carbonyl (C=O) groups excluding carboxylic acids is 1. The first-order valence-corrected chi connectivity index (χ1v) is 10.3. The molecule has 1 aromatic heterocycles. The highest BCUT2D eigenvalue weighted by Gasteiger charge is 2.28. The van der Waals surface area contributed by atoms with Crippen LogP contribution in [0, 0.1) is 11.6 Å². The monoisotopic (exact) mass is 434 g/mol. The van der Waals surface area contributed by atoms with Gasteiger partial charge in [0.2, 0.25) is 5.88 Å². The summed E-state index contributed by atoms with van der Waals surface area (Å²) in [5.74, 6) is -1.44. The van der Waals surface area contributed by atoms with Crippen molar-refractivity contribution >= 4 is 6.09 Å². The predicted molar refractivity (Wildman–Crippen MR) is 111 cm³/mol. The van der Waals surface area contributed by atoms with Crippen LogP contribution in [0.4, 0.5) is 13.6 Å². The van der Waals surface area contributed by atoms with Crippen molar-refractivity contribution < 1.29 is 27.8 Å². The van der Waals surface area contributed by atoms with Crippen molar-refractivity contribution in [1.29, 1.82) is 0 Å². The highest BCUT2D eigenvalue weighted by Crippen LogP contribution is 2.29. The molecule has 2 heterocycles. The fraction of sp³-hybridized carbons (Fsp3) is 0.478. The van der Waals surface area contributed by atoms with Crippen molar-refractivity contribution in [2.75, 3.05) is 20.2 Å². The zero-order chi connectivity index (χ0) is 22.6. The molecule has 0 unspecified atom stereocenters. The summed E-state index contributed by atoms with van der Waals surface area (Å²) in [6, 6.07) is 7.91. The van der Waals surface area contributed by atoms with E-state index in [-0.39, 0.29) is 24.2 Å². The van der Waals surface area contributed by atoms with Gasteiger partial charge in [-0.1, -0.05) is 6.07 Å². The maximum atomic E-state index is 14.3. The molecule has 0 aliphatic carbocycles. The largest absolute Gasteiger partial charge is 0.491 e. The Hall–Kier alpha value is -2.90. The van der Waals surface area contributed by atoms with E-state index in [1.807, 2.05) is 32.9 Å². The van der Waals surface area contributed by atoms with E-state index in [0.29, 0.717) is 19.0 Å². The summed E-state index contributed by atoms with van der Waals surface area (Å²) >= 11 is 0. The number of methoxy groups -OCH3 is 1. The maximum Gasteiger partial charge on any atom is 0.410 e. The second-order valence-electron chi connectivity index (χ2n) is 8.48. The Kier molecular flexibility index (Phi) is 6.97. The van der Waals surface area contributed by atoms with Crippen molar-refractivity contribution in [1.82, 2.24) is 9.88 Å². The average molecular weight is 434 g/mol. The Morgan fingerprint density at radius 2 is 1.87 bits per heavy atom. The lowest BCUT2D eigenvalue weighted by atomic mass is 9.93. The van der Waals surface area contributed by atoms with Gasteiger partial charge in [-0.15, -0.1) is 0 Å². The lowest BCUT2D eigenvalue weighted by Crippen LogP contribution is -2.41. The van der Waals surface area contributed by atoms with Gasteiger partial charge < -0.3 is 19.1 Å². The SMILES string of the molecule is COc1c(F)ccc(COc2cccc(C3CCN(C(=O)OC(C)(C)C)CC3)n2)c1F. The van der Waals surface area contributed by atoms with Gasteiger partial charge in [-0.05, 0) is 51.8 Å². The van der Waals surface area contributed by atoms with Crippen LogP contribution < -0.4 is 9.47 Å². The minimum absolute atomic E-state index is 0.101. The van der Waals surface area contributed by atoms with Crippen molar-refractivity contribution in [2.24, 2.45) is 0 Å². The van der Waals surface area contributed by atoms with Gasteiger partial charge in [0.05, 0.1) is 7.11 Å². The molecule has 8 heteroatoms. The van der Waals surface area contributed by atoms with Gasteiger partial charge in [-0.25, -0.2) is 18.6 Å². The second kappa shape index (κ2) is 9.49. The van der Waals surface area contributed by atoms with Gasteiger partial charge in [0.25, 0.3) is 0 Å². The highest BCUT2D eigenvalue weighted by molar-refractivity contribution is 5.68. The number of nitrogens with zero attached hydrogens (tertiary/aromatic N) is 2. The molecule has 0 spiro atoms. The third-order valence-electron chi connectivity index (χ3n) is 5.02. The summed E-state index contributed by atoms with van der Waals surface area (Å²) in [6.45, 7) is 6.62. The van der Waals surface area contributed by atoms with Gasteiger partial charge in [0, 0.05) is 36.3 Å². The number of aromatic nitrogens is 1. The van der Waals surface area contributed by atoms with Crippen LogP contribution in [0.3, 0.4) is 0 Å². The predicted octanol–water partition coefficient (Wildman–Crippen LogP) is 5.06. The molecule has 0 N–H and O–H groups in total. The summed E-state index contributed by atoms with van der Waals surface area (Å²) in [5.41, 5.74) is 0.518. The number of hydrogen-bond donors (Lipinski definition) is 0. The van der Waals surface area contributed by atoms with Gasteiger partial charge in [0.15, 0.2) is 17.4 Å². The Bertz CT molecular complexity index is 922. The molecular weight excluding hydrogens is 406 g/mol. The third-order valence-corrected chi connectivity index (χ3v) is 5.02. The zero-order valence-electron chi connectivity index (χ0n) is 18.3. The van der Waals surface area contributed by atoms with Crippen LogP contribution in [0.5, 0.6) is 11.6 Å². The summed E-state index contributed by atoms with van der Waals surface area (Å²) in [7, 11) is 1.21. The Labute approximate surface area is 181 Å². The number of hydrogen-bond acceptors (Lipinski definition) is 5. The molecule has 1 aliphatic heterocycles. The van der Waals surface area contributed by atoms with Gasteiger partial charge in [-0.3, -0.25) is 0 Å². The fourth-order valence-corrected chi connectivity index (χ4v) is 3.45. The number of ether oxygens (including phenoxy) is 3. The molecule has 1 amide bonds. The highest BCUT2D eigenvalue weighted by atomic mass is 19.1. The Balaban J connectivity index is 1.60. The first kappa shape index (κ1) is 22.8. The first-order valence-electron chi connectivity index (χ1n) is 10.3. The smallest absolute Gasteiger partial charge is 0.410 e. The van der Waals surface area contributed by atoms with Crippen LogP contribution in [0.25, 0.3) is 0 Å². The van der Waals surface area contributed by atoms with E-state index in [9.17, 15) is 13.6 Å². The van der Waals surface area contributed by atoms with E-state index in [1.165, 1.54) is 13.2 Å². The van der Waals surface area contributed by atoms with Crippen molar-refractivity contribution in [3.05, 3.63) is 53.2 Å². The molecule has 0 radical (unpaired) electrons. The van der Waals surface area contributed by atoms with Crippen LogP contribution in [-0.4, -0.2) is 41.8 Å². The number of pyridine rings is 1. The Morgan fingerprint density at radius 1 is 1.16 bits per heavy atom. The molecule has 1 fully saturated rings. The number of likely N-dealkylation sites (tertiary alicyclic amines) is 1. The summed E-state index contributed by atoms with van der Waals surface area (Å²) in [4.78, 5) is 18.5. The molecular formula is C23H28F2N2O4. The van der Waals surface area contributed by atoms with Crippen LogP contribution >= 0.6 is 0 Å². The molecule has 6 nitrogen and oxygen atoms in total. The third kappa shape index (κ3) is 5.83. The normalized spacial score (nSPS) is 15.0. The first-order chi connectivity index (χ1) is 14.7. The van der Waals surface area contributed by atoms with Gasteiger partial charge in [0.1, 0.15) is 12.2 Å². The number of carbonyl (C=O) groups is 1. The number of piperidine rings is 1. The van der Waals surface area contributed by atoms with E-state index < -0.39 is 23.0 Å². The molecule has 1 aromatic carbocycles. The van der Waals surface area contributed by atoms with Gasteiger partial charge >= 0.3 is 6.09 Å². The number of benzene rings is 1. The van der Waals surface area contributed by atoms with E-state index in [2.05, 4.69) is 4.98 Å². The van der Waals surface area contributed by atoms with E-state index in [4.69, 9.17) is 14.2 Å². The number of halogens is 2. The molecule has 1 saturated heterocycles. The van der Waals surface area contributed by atoms with Crippen LogP contribution in [0.15, 0.2) is 30.3 Å². The van der Waals surface area contributed by atoms with E-state index in [1.54, 1.807) is 11.0 Å².